The summed E-state index contributed by atoms with van der Waals surface area (Å²) in [6, 6.07) is 0. The van der Waals surface area contributed by atoms with E-state index in [1.54, 1.807) is 9.80 Å². The van der Waals surface area contributed by atoms with Crippen LogP contribution in [0.5, 0.6) is 0 Å². The van der Waals surface area contributed by atoms with Crippen molar-refractivity contribution in [2.75, 3.05) is 65.5 Å². The number of nitrogens with one attached hydrogen (secondary N) is 1. The number of hydrogen-bond donors (Lipinski definition) is 1. The fourth-order valence-corrected chi connectivity index (χ4v) is 3.07. The minimum absolute atomic E-state index is 0.195. The number of piperazine rings is 2. The molecule has 9 heteroatoms. The Morgan fingerprint density at radius 2 is 1.27 bits per heavy atom. The average Bonchev–Trinajstić information content (AvgIpc) is 3.45. The Balaban J connectivity index is 0.000000222. The molecule has 1 atom stereocenters. The first-order valence-corrected chi connectivity index (χ1v) is 10.9. The third kappa shape index (κ3) is 9.95. The molecule has 0 aliphatic carbocycles. The third-order valence-corrected chi connectivity index (χ3v) is 4.66. The molecule has 30 heavy (non-hydrogen) atoms. The molecule has 0 spiro atoms. The van der Waals surface area contributed by atoms with E-state index in [9.17, 15) is 9.59 Å². The highest BCUT2D eigenvalue weighted by Gasteiger charge is 2.30. The maximum atomic E-state index is 11.8. The van der Waals surface area contributed by atoms with Crippen LogP contribution >= 0.6 is 0 Å². The lowest BCUT2D eigenvalue weighted by Gasteiger charge is -2.35. The molecule has 0 unspecified atom stereocenters. The Bertz CT molecular complexity index is 555. The van der Waals surface area contributed by atoms with Gasteiger partial charge in [-0.1, -0.05) is 0 Å². The van der Waals surface area contributed by atoms with Crippen LogP contribution in [0.4, 0.5) is 9.59 Å². The van der Waals surface area contributed by atoms with Gasteiger partial charge in [-0.05, 0) is 41.5 Å². The maximum Gasteiger partial charge on any atom is 0.410 e. The Morgan fingerprint density at radius 1 is 0.833 bits per heavy atom. The Morgan fingerprint density at radius 3 is 1.67 bits per heavy atom. The van der Waals surface area contributed by atoms with Crippen molar-refractivity contribution in [1.29, 1.82) is 0 Å². The van der Waals surface area contributed by atoms with Crippen LogP contribution in [0.15, 0.2) is 0 Å². The summed E-state index contributed by atoms with van der Waals surface area (Å²) in [6.45, 7) is 19.8. The van der Waals surface area contributed by atoms with E-state index in [1.807, 2.05) is 41.5 Å². The van der Waals surface area contributed by atoms with Crippen LogP contribution in [-0.2, 0) is 14.2 Å². The Labute approximate surface area is 181 Å². The number of nitrogens with zero attached hydrogens (tertiary/aromatic N) is 3. The molecule has 174 valence electrons. The zero-order valence-electron chi connectivity index (χ0n) is 19.5. The summed E-state index contributed by atoms with van der Waals surface area (Å²) in [5, 5.41) is 3.18. The van der Waals surface area contributed by atoms with Crippen molar-refractivity contribution in [3.63, 3.8) is 0 Å². The normalized spacial score (nSPS) is 22.7. The van der Waals surface area contributed by atoms with Crippen LogP contribution < -0.4 is 5.32 Å². The summed E-state index contributed by atoms with van der Waals surface area (Å²) < 4.78 is 15.8. The third-order valence-electron chi connectivity index (χ3n) is 4.66. The Hall–Kier alpha value is -1.58. The zero-order valence-corrected chi connectivity index (χ0v) is 19.5. The van der Waals surface area contributed by atoms with Crippen LogP contribution in [0.25, 0.3) is 0 Å². The first-order chi connectivity index (χ1) is 13.9. The van der Waals surface area contributed by atoms with Crippen molar-refractivity contribution in [2.24, 2.45) is 0 Å². The average molecular weight is 429 g/mol. The molecule has 3 fully saturated rings. The number of rotatable bonds is 2. The van der Waals surface area contributed by atoms with Crippen LogP contribution in [0.2, 0.25) is 0 Å². The second-order valence-electron chi connectivity index (χ2n) is 9.94. The van der Waals surface area contributed by atoms with E-state index in [0.717, 1.165) is 65.5 Å². The molecule has 3 aliphatic rings. The minimum Gasteiger partial charge on any atom is -0.444 e. The summed E-state index contributed by atoms with van der Waals surface area (Å²) >= 11 is 0. The van der Waals surface area contributed by atoms with Crippen molar-refractivity contribution in [2.45, 2.75) is 58.8 Å². The quantitative estimate of drug-likeness (QED) is 0.671. The van der Waals surface area contributed by atoms with Gasteiger partial charge in [-0.25, -0.2) is 9.59 Å². The summed E-state index contributed by atoms with van der Waals surface area (Å²) in [6.07, 6.45) is 0.0388. The first-order valence-electron chi connectivity index (χ1n) is 10.9. The molecular formula is C21H40N4O5. The van der Waals surface area contributed by atoms with Crippen LogP contribution in [0.3, 0.4) is 0 Å². The highest BCUT2D eigenvalue weighted by atomic mass is 16.6. The number of carbonyl (C=O) groups excluding carboxylic acids is 2. The molecule has 0 aromatic carbocycles. The van der Waals surface area contributed by atoms with Crippen LogP contribution in [-0.4, -0.2) is 110 Å². The number of amides is 2. The zero-order chi connectivity index (χ0) is 22.4. The van der Waals surface area contributed by atoms with Crippen molar-refractivity contribution >= 4 is 12.2 Å². The largest absolute Gasteiger partial charge is 0.444 e. The van der Waals surface area contributed by atoms with Gasteiger partial charge in [0.05, 0.1) is 12.7 Å². The summed E-state index contributed by atoms with van der Waals surface area (Å²) in [7, 11) is 0. The second-order valence-corrected chi connectivity index (χ2v) is 9.94. The van der Waals surface area contributed by atoms with Crippen molar-refractivity contribution in [1.82, 2.24) is 20.0 Å². The number of carbonyl (C=O) groups is 2. The lowest BCUT2D eigenvalue weighted by atomic mass is 10.2. The molecular weight excluding hydrogens is 388 g/mol. The molecule has 0 bridgehead atoms. The predicted octanol–water partition coefficient (Wildman–Crippen LogP) is 1.76. The number of epoxide rings is 1. The van der Waals surface area contributed by atoms with Gasteiger partial charge in [0.1, 0.15) is 11.2 Å². The SMILES string of the molecule is CC(C)(C)OC(=O)N1CCN(C[C@H]2CO2)CC1.CC(C)(C)OC(=O)N1CCNCC1. The number of ether oxygens (including phenoxy) is 3. The van der Waals surface area contributed by atoms with Crippen molar-refractivity contribution in [3.8, 4) is 0 Å². The summed E-state index contributed by atoms with van der Waals surface area (Å²) in [5.74, 6) is 0. The van der Waals surface area contributed by atoms with E-state index in [2.05, 4.69) is 10.2 Å². The van der Waals surface area contributed by atoms with Gasteiger partial charge in [0.25, 0.3) is 0 Å². The van der Waals surface area contributed by atoms with Crippen LogP contribution in [0, 0.1) is 0 Å². The highest BCUT2D eigenvalue weighted by Crippen LogP contribution is 2.15. The van der Waals surface area contributed by atoms with E-state index in [0.29, 0.717) is 6.10 Å². The topological polar surface area (TPSA) is 86.9 Å². The summed E-state index contributed by atoms with van der Waals surface area (Å²) in [5.41, 5.74) is -0.794. The molecule has 9 nitrogen and oxygen atoms in total. The molecule has 3 aliphatic heterocycles. The first kappa shape index (κ1) is 24.7. The van der Waals surface area contributed by atoms with E-state index < -0.39 is 5.60 Å². The fraction of sp³-hybridized carbons (Fsp3) is 0.905. The van der Waals surface area contributed by atoms with Crippen molar-refractivity contribution < 1.29 is 23.8 Å². The monoisotopic (exact) mass is 428 g/mol. The second kappa shape index (κ2) is 10.6. The van der Waals surface area contributed by atoms with E-state index >= 15 is 0 Å². The Kier molecular flexibility index (Phi) is 8.75. The standard InChI is InChI=1S/C12H22N2O3.C9H18N2O2/c1-12(2,3)17-11(15)14-6-4-13(5-7-14)8-10-9-16-10;1-9(2,3)13-8(12)11-6-4-10-5-7-11/h10H,4-9H2,1-3H3;10H,4-7H2,1-3H3/t10-;/m0./s1. The van der Waals surface area contributed by atoms with Gasteiger partial charge in [0.2, 0.25) is 0 Å². The van der Waals surface area contributed by atoms with Gasteiger partial charge in [-0.15, -0.1) is 0 Å². The molecule has 0 aromatic rings. The van der Waals surface area contributed by atoms with Gasteiger partial charge < -0.3 is 29.3 Å². The smallest absolute Gasteiger partial charge is 0.410 e. The molecule has 3 heterocycles. The fourth-order valence-electron chi connectivity index (χ4n) is 3.07. The molecule has 0 saturated carbocycles. The van der Waals surface area contributed by atoms with E-state index in [-0.39, 0.29) is 17.8 Å². The molecule has 0 aromatic heterocycles. The lowest BCUT2D eigenvalue weighted by molar-refractivity contribution is 0.0140. The van der Waals surface area contributed by atoms with Gasteiger partial charge >= 0.3 is 12.2 Å². The van der Waals surface area contributed by atoms with E-state index in [1.165, 1.54) is 0 Å². The van der Waals surface area contributed by atoms with Crippen LogP contribution in [0.1, 0.15) is 41.5 Å². The maximum absolute atomic E-state index is 11.8. The van der Waals surface area contributed by atoms with E-state index in [4.69, 9.17) is 14.2 Å². The lowest BCUT2D eigenvalue weighted by Crippen LogP contribution is -2.50. The highest BCUT2D eigenvalue weighted by molar-refractivity contribution is 5.68. The minimum atomic E-state index is -0.407. The van der Waals surface area contributed by atoms with Crippen molar-refractivity contribution in [3.05, 3.63) is 0 Å². The molecule has 3 rings (SSSR count). The van der Waals surface area contributed by atoms with Gasteiger partial charge in [0.15, 0.2) is 0 Å². The van der Waals surface area contributed by atoms with Gasteiger partial charge in [-0.2, -0.15) is 0 Å². The molecule has 3 saturated heterocycles. The molecule has 0 radical (unpaired) electrons. The molecule has 1 N–H and O–H groups in total. The summed E-state index contributed by atoms with van der Waals surface area (Å²) in [4.78, 5) is 29.2. The predicted molar refractivity (Wildman–Crippen MR) is 115 cm³/mol. The van der Waals surface area contributed by atoms with Gasteiger partial charge in [-0.3, -0.25) is 4.90 Å². The van der Waals surface area contributed by atoms with Gasteiger partial charge in [0, 0.05) is 58.9 Å². The molecule has 2 amide bonds. The number of hydrogen-bond acceptors (Lipinski definition) is 7.